The molecule has 0 spiro atoms. The van der Waals surface area contributed by atoms with Gasteiger partial charge in [-0.1, -0.05) is 6.07 Å². The second kappa shape index (κ2) is 8.60. The quantitative estimate of drug-likeness (QED) is 0.468. The van der Waals surface area contributed by atoms with E-state index >= 15 is 0 Å². The number of nitrogens with one attached hydrogen (secondary N) is 2. The van der Waals surface area contributed by atoms with Crippen molar-refractivity contribution in [3.8, 4) is 33.5 Å². The molecule has 5 rings (SSSR count). The van der Waals surface area contributed by atoms with Crippen LogP contribution in [0.5, 0.6) is 11.5 Å². The standard InChI is InChI=1S/C23H23N5O3S/c1-30-18-6-5-14(10-19(18)31-2)21-15(11-24-27-21)12-28-8-7-17-16(13-28)23(29)26-22(25-17)20-4-3-9-32-20/h3-6,9-11H,7-8,12-13H2,1-2H3,(H,24,27)(H,25,26,29). The van der Waals surface area contributed by atoms with Crippen molar-refractivity contribution in [1.29, 1.82) is 0 Å². The SMILES string of the molecule is COc1ccc(-c2[nH]ncc2CN2CCc3nc(-c4cccs4)[nH]c(=O)c3C2)cc1OC. The number of nitrogens with zero attached hydrogens (tertiary/aromatic N) is 3. The summed E-state index contributed by atoms with van der Waals surface area (Å²) < 4.78 is 10.8. The molecule has 0 saturated heterocycles. The monoisotopic (exact) mass is 449 g/mol. The molecule has 3 aromatic heterocycles. The number of hydrogen-bond donors (Lipinski definition) is 2. The zero-order valence-corrected chi connectivity index (χ0v) is 18.7. The van der Waals surface area contributed by atoms with E-state index in [0.29, 0.717) is 30.4 Å². The van der Waals surface area contributed by atoms with E-state index in [2.05, 4.69) is 20.1 Å². The largest absolute Gasteiger partial charge is 0.493 e. The topological polar surface area (TPSA) is 96.1 Å². The molecule has 0 aliphatic carbocycles. The summed E-state index contributed by atoms with van der Waals surface area (Å²) in [4.78, 5) is 23.7. The summed E-state index contributed by atoms with van der Waals surface area (Å²) in [6.07, 6.45) is 2.57. The van der Waals surface area contributed by atoms with Crippen LogP contribution in [0.1, 0.15) is 16.8 Å². The zero-order chi connectivity index (χ0) is 22.1. The van der Waals surface area contributed by atoms with Crippen LogP contribution in [0.15, 0.2) is 46.7 Å². The molecule has 4 aromatic rings. The van der Waals surface area contributed by atoms with Crippen LogP contribution in [0, 0.1) is 0 Å². The minimum Gasteiger partial charge on any atom is -0.493 e. The van der Waals surface area contributed by atoms with Crippen molar-refractivity contribution in [2.24, 2.45) is 0 Å². The Bertz CT molecular complexity index is 1300. The number of aromatic amines is 2. The van der Waals surface area contributed by atoms with Crippen LogP contribution in [0.2, 0.25) is 0 Å². The van der Waals surface area contributed by atoms with Crippen LogP contribution < -0.4 is 15.0 Å². The minimum absolute atomic E-state index is 0.0598. The lowest BCUT2D eigenvalue weighted by Crippen LogP contribution is -2.35. The van der Waals surface area contributed by atoms with E-state index < -0.39 is 0 Å². The second-order valence-electron chi connectivity index (χ2n) is 7.62. The first-order valence-corrected chi connectivity index (χ1v) is 11.2. The molecule has 1 aliphatic rings. The Kier molecular flexibility index (Phi) is 5.50. The van der Waals surface area contributed by atoms with E-state index in [1.54, 1.807) is 25.6 Å². The Balaban J connectivity index is 1.38. The molecule has 0 amide bonds. The molecular weight excluding hydrogens is 426 g/mol. The Labute approximate surface area is 188 Å². The van der Waals surface area contributed by atoms with E-state index in [-0.39, 0.29) is 5.56 Å². The first-order valence-electron chi connectivity index (χ1n) is 10.3. The fourth-order valence-electron chi connectivity index (χ4n) is 4.06. The highest BCUT2D eigenvalue weighted by Gasteiger charge is 2.23. The molecule has 4 heterocycles. The Hall–Kier alpha value is -3.43. The summed E-state index contributed by atoms with van der Waals surface area (Å²) in [5, 5.41) is 9.35. The fraction of sp³-hybridized carbons (Fsp3) is 0.261. The second-order valence-corrected chi connectivity index (χ2v) is 8.57. The molecule has 1 aromatic carbocycles. The Morgan fingerprint density at radius 1 is 1.19 bits per heavy atom. The summed E-state index contributed by atoms with van der Waals surface area (Å²) in [7, 11) is 3.24. The average Bonchev–Trinajstić information content (AvgIpc) is 3.51. The maximum atomic E-state index is 12.8. The number of hydrogen-bond acceptors (Lipinski definition) is 7. The van der Waals surface area contributed by atoms with Gasteiger partial charge in [-0.2, -0.15) is 5.10 Å². The van der Waals surface area contributed by atoms with Crippen molar-refractivity contribution in [3.63, 3.8) is 0 Å². The van der Waals surface area contributed by atoms with Crippen LogP contribution in [-0.2, 0) is 19.5 Å². The average molecular weight is 450 g/mol. The molecule has 9 heteroatoms. The van der Waals surface area contributed by atoms with E-state index in [1.165, 1.54) is 0 Å². The van der Waals surface area contributed by atoms with Crippen molar-refractivity contribution < 1.29 is 9.47 Å². The molecule has 0 atom stereocenters. The lowest BCUT2D eigenvalue weighted by atomic mass is 10.0. The first kappa shape index (κ1) is 20.5. The lowest BCUT2D eigenvalue weighted by Gasteiger charge is -2.27. The number of benzene rings is 1. The third-order valence-electron chi connectivity index (χ3n) is 5.69. The minimum atomic E-state index is -0.0598. The van der Waals surface area contributed by atoms with Crippen molar-refractivity contribution >= 4 is 11.3 Å². The summed E-state index contributed by atoms with van der Waals surface area (Å²) in [6, 6.07) is 9.72. The number of H-pyrrole nitrogens is 2. The maximum Gasteiger partial charge on any atom is 0.255 e. The van der Waals surface area contributed by atoms with Gasteiger partial charge in [0.2, 0.25) is 0 Å². The Morgan fingerprint density at radius 2 is 2.06 bits per heavy atom. The molecule has 2 N–H and O–H groups in total. The van der Waals surface area contributed by atoms with Gasteiger partial charge in [0, 0.05) is 37.2 Å². The van der Waals surface area contributed by atoms with Gasteiger partial charge in [0.1, 0.15) is 0 Å². The van der Waals surface area contributed by atoms with Crippen LogP contribution in [0.3, 0.4) is 0 Å². The van der Waals surface area contributed by atoms with Crippen LogP contribution in [0.4, 0.5) is 0 Å². The maximum absolute atomic E-state index is 12.8. The van der Waals surface area contributed by atoms with Gasteiger partial charge < -0.3 is 14.5 Å². The van der Waals surface area contributed by atoms with Gasteiger partial charge in [0.15, 0.2) is 17.3 Å². The van der Waals surface area contributed by atoms with Gasteiger partial charge in [-0.3, -0.25) is 14.8 Å². The van der Waals surface area contributed by atoms with Crippen molar-refractivity contribution in [2.75, 3.05) is 20.8 Å². The van der Waals surface area contributed by atoms with E-state index in [0.717, 1.165) is 45.9 Å². The van der Waals surface area contributed by atoms with E-state index in [1.807, 2.05) is 41.9 Å². The summed E-state index contributed by atoms with van der Waals surface area (Å²) in [5.41, 5.74) is 4.52. The highest BCUT2D eigenvalue weighted by molar-refractivity contribution is 7.13. The fourth-order valence-corrected chi connectivity index (χ4v) is 4.73. The normalized spacial score (nSPS) is 13.7. The number of thiophene rings is 1. The van der Waals surface area contributed by atoms with Gasteiger partial charge in [0.25, 0.3) is 5.56 Å². The summed E-state index contributed by atoms with van der Waals surface area (Å²) >= 11 is 1.57. The lowest BCUT2D eigenvalue weighted by molar-refractivity contribution is 0.242. The highest BCUT2D eigenvalue weighted by atomic mass is 32.1. The molecule has 0 radical (unpaired) electrons. The molecule has 1 aliphatic heterocycles. The predicted molar refractivity (Wildman–Crippen MR) is 123 cm³/mol. The van der Waals surface area contributed by atoms with Crippen molar-refractivity contribution in [1.82, 2.24) is 25.1 Å². The van der Waals surface area contributed by atoms with Crippen LogP contribution >= 0.6 is 11.3 Å². The van der Waals surface area contributed by atoms with E-state index in [4.69, 9.17) is 14.5 Å². The Morgan fingerprint density at radius 3 is 2.84 bits per heavy atom. The van der Waals surface area contributed by atoms with Crippen molar-refractivity contribution in [3.05, 3.63) is 69.1 Å². The van der Waals surface area contributed by atoms with E-state index in [9.17, 15) is 4.79 Å². The molecule has 0 saturated carbocycles. The number of fused-ring (bicyclic) bond motifs is 1. The molecular formula is C23H23N5O3S. The summed E-state index contributed by atoms with van der Waals surface area (Å²) in [6.45, 7) is 2.05. The first-order chi connectivity index (χ1) is 15.7. The molecule has 32 heavy (non-hydrogen) atoms. The van der Waals surface area contributed by atoms with Crippen LogP contribution in [-0.4, -0.2) is 45.8 Å². The van der Waals surface area contributed by atoms with Gasteiger partial charge in [-0.15, -0.1) is 11.3 Å². The third kappa shape index (κ3) is 3.80. The van der Waals surface area contributed by atoms with Gasteiger partial charge in [-0.05, 0) is 29.6 Å². The molecule has 8 nitrogen and oxygen atoms in total. The molecule has 0 bridgehead atoms. The zero-order valence-electron chi connectivity index (χ0n) is 17.8. The predicted octanol–water partition coefficient (Wildman–Crippen LogP) is 3.46. The summed E-state index contributed by atoms with van der Waals surface area (Å²) in [5.74, 6) is 2.00. The van der Waals surface area contributed by atoms with Crippen molar-refractivity contribution in [2.45, 2.75) is 19.5 Å². The van der Waals surface area contributed by atoms with Gasteiger partial charge in [-0.25, -0.2) is 4.98 Å². The molecule has 164 valence electrons. The van der Waals surface area contributed by atoms with Gasteiger partial charge in [0.05, 0.1) is 42.2 Å². The van der Waals surface area contributed by atoms with Gasteiger partial charge >= 0.3 is 0 Å². The molecule has 0 unspecified atom stereocenters. The number of ether oxygens (including phenoxy) is 2. The number of aromatic nitrogens is 4. The third-order valence-corrected chi connectivity index (χ3v) is 6.56. The molecule has 0 fully saturated rings. The highest BCUT2D eigenvalue weighted by Crippen LogP contribution is 2.33. The smallest absolute Gasteiger partial charge is 0.255 e. The number of rotatable bonds is 6. The van der Waals surface area contributed by atoms with Crippen LogP contribution in [0.25, 0.3) is 22.0 Å². The number of methoxy groups -OCH3 is 2.